The molecule has 1 aromatic carbocycles. The van der Waals surface area contributed by atoms with Crippen LogP contribution in [0.15, 0.2) is 35.7 Å². The van der Waals surface area contributed by atoms with Gasteiger partial charge >= 0.3 is 0 Å². The van der Waals surface area contributed by atoms with E-state index in [2.05, 4.69) is 5.32 Å². The molecule has 0 aliphatic rings. The molecule has 0 radical (unpaired) electrons. The lowest BCUT2D eigenvalue weighted by atomic mass is 10.2. The Labute approximate surface area is 115 Å². The van der Waals surface area contributed by atoms with Gasteiger partial charge in [-0.3, -0.25) is 4.79 Å². The minimum Gasteiger partial charge on any atom is -0.495 e. The molecule has 1 heterocycles. The zero-order valence-electron chi connectivity index (χ0n) is 10.3. The molecule has 1 aromatic heterocycles. The number of ether oxygens (including phenoxy) is 1. The van der Waals surface area contributed by atoms with E-state index in [0.29, 0.717) is 23.4 Å². The number of hydrogen-bond donors (Lipinski definition) is 1. The van der Waals surface area contributed by atoms with Crippen molar-refractivity contribution in [1.29, 1.82) is 5.26 Å². The summed E-state index contributed by atoms with van der Waals surface area (Å²) in [6, 6.07) is 10.8. The predicted octanol–water partition coefficient (Wildman–Crippen LogP) is 2.81. The molecular formula is C14H12N2O2S. The van der Waals surface area contributed by atoms with Crippen LogP contribution in [0.2, 0.25) is 0 Å². The smallest absolute Gasteiger partial charge is 0.229 e. The summed E-state index contributed by atoms with van der Waals surface area (Å²) >= 11 is 1.54. The van der Waals surface area contributed by atoms with Gasteiger partial charge in [-0.1, -0.05) is 6.07 Å². The first-order chi connectivity index (χ1) is 9.22. The summed E-state index contributed by atoms with van der Waals surface area (Å²) < 4.78 is 5.16. The van der Waals surface area contributed by atoms with Gasteiger partial charge in [0.05, 0.1) is 30.9 Å². The van der Waals surface area contributed by atoms with Crippen LogP contribution in [0, 0.1) is 11.3 Å². The van der Waals surface area contributed by atoms with Gasteiger partial charge in [-0.05, 0) is 23.6 Å². The maximum absolute atomic E-state index is 11.9. The average Bonchev–Trinajstić information content (AvgIpc) is 2.91. The van der Waals surface area contributed by atoms with E-state index in [1.165, 1.54) is 7.11 Å². The molecular weight excluding hydrogens is 260 g/mol. The summed E-state index contributed by atoms with van der Waals surface area (Å²) in [5.41, 5.74) is 1.07. The van der Waals surface area contributed by atoms with Crippen molar-refractivity contribution in [3.05, 3.63) is 46.2 Å². The number of carbonyl (C=O) groups excluding carboxylic acids is 1. The maximum atomic E-state index is 11.9. The number of benzene rings is 1. The molecule has 0 bridgehead atoms. The number of carbonyl (C=O) groups is 1. The van der Waals surface area contributed by atoms with Gasteiger partial charge in [-0.2, -0.15) is 5.26 Å². The van der Waals surface area contributed by atoms with Crippen molar-refractivity contribution in [2.24, 2.45) is 0 Å². The lowest BCUT2D eigenvalue weighted by molar-refractivity contribution is -0.115. The van der Waals surface area contributed by atoms with Crippen LogP contribution >= 0.6 is 11.3 Å². The molecule has 0 saturated carbocycles. The molecule has 96 valence electrons. The third kappa shape index (κ3) is 3.33. The first-order valence-corrected chi connectivity index (χ1v) is 6.51. The second-order valence-corrected chi connectivity index (χ2v) is 4.86. The monoisotopic (exact) mass is 272 g/mol. The Hall–Kier alpha value is -2.32. The van der Waals surface area contributed by atoms with Gasteiger partial charge < -0.3 is 10.1 Å². The summed E-state index contributed by atoms with van der Waals surface area (Å²) in [5.74, 6) is 0.379. The Kier molecular flexibility index (Phi) is 4.16. The fourth-order valence-corrected chi connectivity index (χ4v) is 2.33. The summed E-state index contributed by atoms with van der Waals surface area (Å²) in [6.45, 7) is 0. The zero-order valence-corrected chi connectivity index (χ0v) is 11.2. The highest BCUT2D eigenvalue weighted by Crippen LogP contribution is 2.25. The fraction of sp³-hybridized carbons (Fsp3) is 0.143. The summed E-state index contributed by atoms with van der Waals surface area (Å²) in [7, 11) is 1.51. The van der Waals surface area contributed by atoms with E-state index in [4.69, 9.17) is 10.00 Å². The molecule has 0 fully saturated rings. The number of nitrogens with zero attached hydrogens (tertiary/aromatic N) is 1. The van der Waals surface area contributed by atoms with Crippen LogP contribution in [-0.2, 0) is 11.2 Å². The van der Waals surface area contributed by atoms with Crippen molar-refractivity contribution in [3.63, 3.8) is 0 Å². The molecule has 0 unspecified atom stereocenters. The molecule has 2 aromatic rings. The summed E-state index contributed by atoms with van der Waals surface area (Å²) in [6.07, 6.45) is 0.334. The third-order valence-electron chi connectivity index (χ3n) is 2.52. The number of thiophene rings is 1. The second-order valence-electron chi connectivity index (χ2n) is 3.83. The number of nitrogens with one attached hydrogen (secondary N) is 1. The Morgan fingerprint density at radius 2 is 2.32 bits per heavy atom. The zero-order chi connectivity index (χ0) is 13.7. The van der Waals surface area contributed by atoms with Crippen LogP contribution in [0.1, 0.15) is 10.4 Å². The van der Waals surface area contributed by atoms with Gasteiger partial charge in [-0.25, -0.2) is 0 Å². The molecule has 19 heavy (non-hydrogen) atoms. The molecule has 0 spiro atoms. The lowest BCUT2D eigenvalue weighted by Gasteiger charge is -2.09. The van der Waals surface area contributed by atoms with Crippen molar-refractivity contribution < 1.29 is 9.53 Å². The van der Waals surface area contributed by atoms with Crippen molar-refractivity contribution in [3.8, 4) is 11.8 Å². The Balaban J connectivity index is 2.10. The van der Waals surface area contributed by atoms with E-state index >= 15 is 0 Å². The number of hydrogen-bond acceptors (Lipinski definition) is 4. The first kappa shape index (κ1) is 13.1. The van der Waals surface area contributed by atoms with Crippen LogP contribution in [0.5, 0.6) is 5.75 Å². The van der Waals surface area contributed by atoms with Crippen molar-refractivity contribution in [2.75, 3.05) is 12.4 Å². The quantitative estimate of drug-likeness (QED) is 0.931. The minimum absolute atomic E-state index is 0.106. The summed E-state index contributed by atoms with van der Waals surface area (Å²) in [4.78, 5) is 12.9. The van der Waals surface area contributed by atoms with Crippen LogP contribution in [-0.4, -0.2) is 13.0 Å². The topological polar surface area (TPSA) is 62.1 Å². The van der Waals surface area contributed by atoms with Gasteiger partial charge in [-0.15, -0.1) is 11.3 Å². The molecule has 2 rings (SSSR count). The molecule has 1 amide bonds. The predicted molar refractivity (Wildman–Crippen MR) is 74.4 cm³/mol. The highest BCUT2D eigenvalue weighted by atomic mass is 32.1. The Morgan fingerprint density at radius 1 is 1.47 bits per heavy atom. The van der Waals surface area contributed by atoms with Crippen LogP contribution in [0.25, 0.3) is 0 Å². The number of nitriles is 1. The highest BCUT2D eigenvalue weighted by Gasteiger charge is 2.09. The fourth-order valence-electron chi connectivity index (χ4n) is 1.63. The summed E-state index contributed by atoms with van der Waals surface area (Å²) in [5, 5.41) is 13.5. The van der Waals surface area contributed by atoms with Gasteiger partial charge in [0.1, 0.15) is 5.75 Å². The third-order valence-corrected chi connectivity index (χ3v) is 3.40. The molecule has 0 aliphatic carbocycles. The van der Waals surface area contributed by atoms with E-state index in [-0.39, 0.29) is 5.91 Å². The van der Waals surface area contributed by atoms with Crippen LogP contribution in [0.4, 0.5) is 5.69 Å². The van der Waals surface area contributed by atoms with E-state index in [1.54, 1.807) is 29.5 Å². The van der Waals surface area contributed by atoms with Crippen LogP contribution in [0.3, 0.4) is 0 Å². The molecule has 1 N–H and O–H groups in total. The van der Waals surface area contributed by atoms with Gasteiger partial charge in [0, 0.05) is 10.9 Å². The molecule has 0 aliphatic heterocycles. The van der Waals surface area contributed by atoms with Crippen molar-refractivity contribution in [2.45, 2.75) is 6.42 Å². The largest absolute Gasteiger partial charge is 0.495 e. The average molecular weight is 272 g/mol. The Morgan fingerprint density at radius 3 is 2.95 bits per heavy atom. The second kappa shape index (κ2) is 6.03. The van der Waals surface area contributed by atoms with E-state index in [1.807, 2.05) is 23.6 Å². The molecule has 5 heteroatoms. The Bertz CT molecular complexity index is 615. The standard InChI is InChI=1S/C14H12N2O2S/c1-18-13-7-10(9-15)4-5-12(13)16-14(17)8-11-3-2-6-19-11/h2-7H,8H2,1H3,(H,16,17). The van der Waals surface area contributed by atoms with Crippen LogP contribution < -0.4 is 10.1 Å². The molecule has 4 nitrogen and oxygen atoms in total. The lowest BCUT2D eigenvalue weighted by Crippen LogP contribution is -2.14. The van der Waals surface area contributed by atoms with E-state index in [0.717, 1.165) is 4.88 Å². The first-order valence-electron chi connectivity index (χ1n) is 5.63. The minimum atomic E-state index is -0.106. The normalized spacial score (nSPS) is 9.68. The van der Waals surface area contributed by atoms with Crippen molar-refractivity contribution >= 4 is 22.9 Å². The maximum Gasteiger partial charge on any atom is 0.229 e. The highest BCUT2D eigenvalue weighted by molar-refractivity contribution is 7.10. The number of rotatable bonds is 4. The van der Waals surface area contributed by atoms with Crippen molar-refractivity contribution in [1.82, 2.24) is 0 Å². The van der Waals surface area contributed by atoms with Gasteiger partial charge in [0.2, 0.25) is 5.91 Å². The number of amides is 1. The van der Waals surface area contributed by atoms with Gasteiger partial charge in [0.25, 0.3) is 0 Å². The van der Waals surface area contributed by atoms with E-state index < -0.39 is 0 Å². The number of methoxy groups -OCH3 is 1. The SMILES string of the molecule is COc1cc(C#N)ccc1NC(=O)Cc1cccs1. The molecule has 0 saturated heterocycles. The number of anilines is 1. The van der Waals surface area contributed by atoms with Gasteiger partial charge in [0.15, 0.2) is 0 Å². The van der Waals surface area contributed by atoms with E-state index in [9.17, 15) is 4.79 Å². The molecule has 0 atom stereocenters.